The molecule has 2 N–H and O–H groups in total. The fourth-order valence-corrected chi connectivity index (χ4v) is 1.76. The number of nitrogens with two attached hydrogens (primary N) is 1. The second-order valence-electron chi connectivity index (χ2n) is 3.52. The van der Waals surface area contributed by atoms with Gasteiger partial charge in [-0.2, -0.15) is 13.2 Å². The van der Waals surface area contributed by atoms with Gasteiger partial charge in [0, 0.05) is 13.5 Å². The monoisotopic (exact) mass is 211 g/mol. The van der Waals surface area contributed by atoms with Gasteiger partial charge >= 0.3 is 6.18 Å². The Labute approximate surface area is 80.3 Å². The molecule has 1 heterocycles. The third-order valence-electron chi connectivity index (χ3n) is 2.66. The molecule has 1 rings (SSSR count). The number of nitrogens with zero attached hydrogens (tertiary/aromatic N) is 1. The van der Waals surface area contributed by atoms with Crippen LogP contribution in [0, 0.1) is 0 Å². The number of carbonyl (C=O) groups excluding carboxylic acids is 1. The van der Waals surface area contributed by atoms with Crippen LogP contribution in [0.1, 0.15) is 12.8 Å². The zero-order chi connectivity index (χ0) is 10.9. The average Bonchev–Trinajstić information content (AvgIpc) is 2.07. The SMILES string of the molecule is C[NH2+][C@@H]1CC[C@H](C(F)(F)F)N(C)C1=O. The van der Waals surface area contributed by atoms with E-state index in [2.05, 4.69) is 0 Å². The normalized spacial score (nSPS) is 29.5. The lowest BCUT2D eigenvalue weighted by Crippen LogP contribution is -2.90. The van der Waals surface area contributed by atoms with Gasteiger partial charge in [0.05, 0.1) is 7.05 Å². The summed E-state index contributed by atoms with van der Waals surface area (Å²) in [7, 11) is 2.92. The topological polar surface area (TPSA) is 36.9 Å². The van der Waals surface area contributed by atoms with Crippen molar-refractivity contribution in [2.45, 2.75) is 31.1 Å². The lowest BCUT2D eigenvalue weighted by Gasteiger charge is -2.35. The largest absolute Gasteiger partial charge is 0.408 e. The number of carbonyl (C=O) groups is 1. The molecule has 0 spiro atoms. The molecule has 3 nitrogen and oxygen atoms in total. The highest BCUT2D eigenvalue weighted by molar-refractivity contribution is 5.81. The van der Waals surface area contributed by atoms with Crippen molar-refractivity contribution in [2.24, 2.45) is 0 Å². The van der Waals surface area contributed by atoms with Crippen molar-refractivity contribution < 1.29 is 23.3 Å². The second-order valence-corrected chi connectivity index (χ2v) is 3.52. The van der Waals surface area contributed by atoms with Crippen LogP contribution in [0.15, 0.2) is 0 Å². The van der Waals surface area contributed by atoms with Crippen molar-refractivity contribution in [3.63, 3.8) is 0 Å². The summed E-state index contributed by atoms with van der Waals surface area (Å²) < 4.78 is 37.2. The molecule has 2 atom stereocenters. The van der Waals surface area contributed by atoms with Crippen molar-refractivity contribution in [1.82, 2.24) is 4.90 Å². The zero-order valence-corrected chi connectivity index (χ0v) is 8.14. The van der Waals surface area contributed by atoms with E-state index < -0.39 is 18.1 Å². The molecule has 0 aliphatic carbocycles. The number of hydrogen-bond acceptors (Lipinski definition) is 1. The van der Waals surface area contributed by atoms with Crippen LogP contribution >= 0.6 is 0 Å². The number of likely N-dealkylation sites (N-methyl/N-ethyl adjacent to an activating group) is 2. The van der Waals surface area contributed by atoms with Crippen LogP contribution in [0.2, 0.25) is 0 Å². The molecule has 0 radical (unpaired) electrons. The molecule has 0 aromatic rings. The summed E-state index contributed by atoms with van der Waals surface area (Å²) in [5.41, 5.74) is 0. The van der Waals surface area contributed by atoms with Crippen LogP contribution in [0.4, 0.5) is 13.2 Å². The minimum atomic E-state index is -4.30. The quantitative estimate of drug-likeness (QED) is 0.637. The van der Waals surface area contributed by atoms with Gasteiger partial charge in [-0.25, -0.2) is 0 Å². The van der Waals surface area contributed by atoms with E-state index in [4.69, 9.17) is 0 Å². The Balaban J connectivity index is 2.74. The number of quaternary nitrogens is 1. The Morgan fingerprint density at radius 1 is 1.43 bits per heavy atom. The Bertz CT molecular complexity index is 229. The van der Waals surface area contributed by atoms with Crippen molar-refractivity contribution in [1.29, 1.82) is 0 Å². The number of rotatable bonds is 1. The molecule has 1 aliphatic rings. The second kappa shape index (κ2) is 3.76. The molecule has 1 fully saturated rings. The number of alkyl halides is 3. The van der Waals surface area contributed by atoms with Gasteiger partial charge in [0.15, 0.2) is 6.04 Å². The lowest BCUT2D eigenvalue weighted by molar-refractivity contribution is -0.653. The van der Waals surface area contributed by atoms with Crippen molar-refractivity contribution in [3.05, 3.63) is 0 Å². The van der Waals surface area contributed by atoms with Crippen LogP contribution in [-0.4, -0.2) is 43.2 Å². The standard InChI is InChI=1S/C8H13F3N2O/c1-12-5-3-4-6(8(9,10)11)13(2)7(5)14/h5-6,12H,3-4H2,1-2H3/p+1/t5-,6-/m1/s1. The summed E-state index contributed by atoms with van der Waals surface area (Å²) in [5.74, 6) is -0.430. The number of halogens is 3. The van der Waals surface area contributed by atoms with Gasteiger partial charge in [0.1, 0.15) is 6.04 Å². The molecule has 0 saturated carbocycles. The molecule has 0 unspecified atom stereocenters. The van der Waals surface area contributed by atoms with Crippen molar-refractivity contribution >= 4 is 5.91 Å². The van der Waals surface area contributed by atoms with Crippen molar-refractivity contribution in [2.75, 3.05) is 14.1 Å². The highest BCUT2D eigenvalue weighted by Crippen LogP contribution is 2.30. The third-order valence-corrected chi connectivity index (χ3v) is 2.66. The van der Waals surface area contributed by atoms with Crippen LogP contribution in [0.3, 0.4) is 0 Å². The summed E-state index contributed by atoms with van der Waals surface area (Å²) in [4.78, 5) is 12.2. The molecule has 14 heavy (non-hydrogen) atoms. The minimum absolute atomic E-state index is 0.000741. The summed E-state index contributed by atoms with van der Waals surface area (Å²) in [6, 6.07) is -1.95. The van der Waals surface area contributed by atoms with E-state index in [0.717, 1.165) is 4.90 Å². The molecular formula is C8H14F3N2O+. The van der Waals surface area contributed by atoms with Crippen LogP contribution in [0.25, 0.3) is 0 Å². The van der Waals surface area contributed by atoms with Crippen LogP contribution < -0.4 is 5.32 Å². The molecule has 0 aromatic carbocycles. The Hall–Kier alpha value is -0.780. The first kappa shape index (κ1) is 11.3. The van der Waals surface area contributed by atoms with E-state index >= 15 is 0 Å². The van der Waals surface area contributed by atoms with E-state index in [1.54, 1.807) is 12.4 Å². The average molecular weight is 211 g/mol. The first-order valence-corrected chi connectivity index (χ1v) is 4.50. The third kappa shape index (κ3) is 2.00. The fraction of sp³-hybridized carbons (Fsp3) is 0.875. The number of amides is 1. The van der Waals surface area contributed by atoms with Gasteiger partial charge in [-0.1, -0.05) is 0 Å². The number of piperidine rings is 1. The lowest BCUT2D eigenvalue weighted by atomic mass is 9.98. The van der Waals surface area contributed by atoms with Crippen LogP contribution in [0.5, 0.6) is 0 Å². The maximum atomic E-state index is 12.4. The highest BCUT2D eigenvalue weighted by atomic mass is 19.4. The molecule has 1 aliphatic heterocycles. The summed E-state index contributed by atoms with van der Waals surface area (Å²) >= 11 is 0. The fourth-order valence-electron chi connectivity index (χ4n) is 1.76. The minimum Gasteiger partial charge on any atom is -0.338 e. The van der Waals surface area contributed by atoms with Gasteiger partial charge in [-0.15, -0.1) is 0 Å². The van der Waals surface area contributed by atoms with E-state index in [1.807, 2.05) is 0 Å². The van der Waals surface area contributed by atoms with Crippen LogP contribution in [-0.2, 0) is 4.79 Å². The maximum Gasteiger partial charge on any atom is 0.408 e. The van der Waals surface area contributed by atoms with E-state index in [0.29, 0.717) is 6.42 Å². The molecular weight excluding hydrogens is 197 g/mol. The molecule has 0 bridgehead atoms. The predicted octanol–water partition coefficient (Wildman–Crippen LogP) is -0.269. The van der Waals surface area contributed by atoms with Gasteiger partial charge in [0.2, 0.25) is 0 Å². The highest BCUT2D eigenvalue weighted by Gasteiger charge is 2.48. The molecule has 82 valence electrons. The first-order valence-electron chi connectivity index (χ1n) is 4.50. The van der Waals surface area contributed by atoms with Gasteiger partial charge in [-0.05, 0) is 6.42 Å². The zero-order valence-electron chi connectivity index (χ0n) is 8.14. The molecule has 1 amide bonds. The van der Waals surface area contributed by atoms with Gasteiger partial charge in [-0.3, -0.25) is 4.79 Å². The Kier molecular flexibility index (Phi) is 3.04. The van der Waals surface area contributed by atoms with Gasteiger partial charge < -0.3 is 10.2 Å². The molecule has 1 saturated heterocycles. The maximum absolute atomic E-state index is 12.4. The summed E-state index contributed by atoms with van der Waals surface area (Å²) in [6.45, 7) is 0. The van der Waals surface area contributed by atoms with E-state index in [9.17, 15) is 18.0 Å². The Morgan fingerprint density at radius 2 is 2.00 bits per heavy atom. The predicted molar refractivity (Wildman–Crippen MR) is 43.5 cm³/mol. The smallest absolute Gasteiger partial charge is 0.338 e. The molecule has 0 aromatic heterocycles. The number of likely N-dealkylation sites (tertiary alicyclic amines) is 1. The first-order chi connectivity index (χ1) is 6.38. The summed E-state index contributed by atoms with van der Waals surface area (Å²) in [5, 5.41) is 1.66. The summed E-state index contributed by atoms with van der Waals surface area (Å²) in [6.07, 6.45) is -4.01. The van der Waals surface area contributed by atoms with E-state index in [1.165, 1.54) is 7.05 Å². The van der Waals surface area contributed by atoms with E-state index in [-0.39, 0.29) is 12.5 Å². The van der Waals surface area contributed by atoms with Gasteiger partial charge in [0.25, 0.3) is 5.91 Å². The Morgan fingerprint density at radius 3 is 2.43 bits per heavy atom. The van der Waals surface area contributed by atoms with Crippen molar-refractivity contribution in [3.8, 4) is 0 Å². The molecule has 6 heteroatoms. The number of hydrogen-bond donors (Lipinski definition) is 1.